The maximum atomic E-state index is 13.0. The van der Waals surface area contributed by atoms with Crippen molar-refractivity contribution < 1.29 is 22.8 Å². The molecule has 2 aromatic rings. The second-order valence-corrected chi connectivity index (χ2v) is 5.92. The number of hydrogen-bond acceptors (Lipinski definition) is 2. The number of rotatable bonds is 5. The highest BCUT2D eigenvalue weighted by Crippen LogP contribution is 2.36. The summed E-state index contributed by atoms with van der Waals surface area (Å²) >= 11 is 5.56. The lowest BCUT2D eigenvalue weighted by molar-refractivity contribution is -0.138. The monoisotopic (exact) mass is 384 g/mol. The van der Waals surface area contributed by atoms with Gasteiger partial charge in [-0.3, -0.25) is 9.59 Å². The Morgan fingerprint density at radius 2 is 1.69 bits per heavy atom. The fourth-order valence-corrected chi connectivity index (χ4v) is 2.43. The van der Waals surface area contributed by atoms with Gasteiger partial charge in [0.1, 0.15) is 0 Å². The normalized spacial score (nSPS) is 11.1. The Morgan fingerprint density at radius 1 is 1.00 bits per heavy atom. The first-order chi connectivity index (χ1) is 12.3. The van der Waals surface area contributed by atoms with Crippen LogP contribution in [-0.4, -0.2) is 18.4 Å². The molecule has 0 bridgehead atoms. The Bertz CT molecular complexity index is 780. The molecule has 0 heterocycles. The molecule has 8 heteroatoms. The Balaban J connectivity index is 1.88. The number of amides is 2. The zero-order valence-corrected chi connectivity index (χ0v) is 14.3. The summed E-state index contributed by atoms with van der Waals surface area (Å²) < 4.78 is 38.9. The third-order valence-corrected chi connectivity index (χ3v) is 3.75. The van der Waals surface area contributed by atoms with Crippen molar-refractivity contribution in [3.8, 4) is 0 Å². The van der Waals surface area contributed by atoms with E-state index in [2.05, 4.69) is 5.32 Å². The van der Waals surface area contributed by atoms with Gasteiger partial charge in [-0.25, -0.2) is 0 Å². The summed E-state index contributed by atoms with van der Waals surface area (Å²) in [4.78, 5) is 23.6. The van der Waals surface area contributed by atoms with E-state index < -0.39 is 29.2 Å². The second kappa shape index (κ2) is 8.71. The molecular formula is C18H16ClF3N2O2. The van der Waals surface area contributed by atoms with E-state index in [-0.39, 0.29) is 11.6 Å². The van der Waals surface area contributed by atoms with E-state index >= 15 is 0 Å². The van der Waals surface area contributed by atoms with Gasteiger partial charge in [0.2, 0.25) is 0 Å². The highest BCUT2D eigenvalue weighted by molar-refractivity contribution is 6.39. The topological polar surface area (TPSA) is 58.2 Å². The van der Waals surface area contributed by atoms with Gasteiger partial charge in [0.25, 0.3) is 0 Å². The lowest BCUT2D eigenvalue weighted by Crippen LogP contribution is -2.36. The number of hydrogen-bond donors (Lipinski definition) is 2. The molecule has 26 heavy (non-hydrogen) atoms. The molecule has 4 nitrogen and oxygen atoms in total. The van der Waals surface area contributed by atoms with Crippen LogP contribution in [-0.2, 0) is 22.2 Å². The lowest BCUT2D eigenvalue weighted by atomic mass is 10.1. The first kappa shape index (κ1) is 19.8. The molecular weight excluding hydrogens is 369 g/mol. The van der Waals surface area contributed by atoms with Crippen molar-refractivity contribution >= 4 is 29.1 Å². The number of halogens is 4. The van der Waals surface area contributed by atoms with Crippen LogP contribution in [0.5, 0.6) is 0 Å². The number of carbonyl (C=O) groups excluding carboxylic acids is 2. The molecule has 2 N–H and O–H groups in total. The Hall–Kier alpha value is -2.54. The standard InChI is InChI=1S/C18H16ClF3N2O2/c19-13-8-9-15(14(11-13)18(20,21)22)24-17(26)16(25)23-10-4-7-12-5-2-1-3-6-12/h1-3,5-6,8-9,11H,4,7,10H2,(H,23,25)(H,24,26). The van der Waals surface area contributed by atoms with Gasteiger partial charge in [-0.2, -0.15) is 13.2 Å². The Labute approximate surface area is 153 Å². The maximum absolute atomic E-state index is 13.0. The van der Waals surface area contributed by atoms with E-state index in [1.54, 1.807) is 0 Å². The predicted molar refractivity (Wildman–Crippen MR) is 92.9 cm³/mol. The van der Waals surface area contributed by atoms with E-state index in [0.717, 1.165) is 11.6 Å². The molecule has 0 aliphatic carbocycles. The zero-order valence-electron chi connectivity index (χ0n) is 13.6. The summed E-state index contributed by atoms with van der Waals surface area (Å²) in [6.45, 7) is 0.230. The average molecular weight is 385 g/mol. The van der Waals surface area contributed by atoms with Gasteiger partial charge in [0, 0.05) is 11.6 Å². The van der Waals surface area contributed by atoms with E-state index in [4.69, 9.17) is 11.6 Å². The summed E-state index contributed by atoms with van der Waals surface area (Å²) in [6, 6.07) is 12.4. The third kappa shape index (κ3) is 5.77. The first-order valence-corrected chi connectivity index (χ1v) is 8.15. The van der Waals surface area contributed by atoms with Crippen LogP contribution in [0, 0.1) is 0 Å². The van der Waals surface area contributed by atoms with Crippen LogP contribution < -0.4 is 10.6 Å². The van der Waals surface area contributed by atoms with Gasteiger partial charge < -0.3 is 10.6 Å². The summed E-state index contributed by atoms with van der Waals surface area (Å²) in [7, 11) is 0. The van der Waals surface area contributed by atoms with E-state index in [0.29, 0.717) is 18.9 Å². The van der Waals surface area contributed by atoms with Crippen molar-refractivity contribution in [3.05, 3.63) is 64.7 Å². The number of carbonyl (C=O) groups is 2. The summed E-state index contributed by atoms with van der Waals surface area (Å²) in [5.41, 5.74) is -0.552. The zero-order chi connectivity index (χ0) is 19.2. The average Bonchev–Trinajstić information content (AvgIpc) is 2.60. The molecule has 2 amide bonds. The van der Waals surface area contributed by atoms with Crippen molar-refractivity contribution in [1.29, 1.82) is 0 Å². The fourth-order valence-electron chi connectivity index (χ4n) is 2.26. The van der Waals surface area contributed by atoms with Crippen LogP contribution >= 0.6 is 11.6 Å². The second-order valence-electron chi connectivity index (χ2n) is 5.49. The van der Waals surface area contributed by atoms with Crippen molar-refractivity contribution in [2.75, 3.05) is 11.9 Å². The molecule has 0 saturated carbocycles. The van der Waals surface area contributed by atoms with Crippen LogP contribution in [0.3, 0.4) is 0 Å². The molecule has 0 aromatic heterocycles. The third-order valence-electron chi connectivity index (χ3n) is 3.51. The number of anilines is 1. The van der Waals surface area contributed by atoms with Gasteiger partial charge in [0.15, 0.2) is 0 Å². The molecule has 2 rings (SSSR count). The Kier molecular flexibility index (Phi) is 6.63. The van der Waals surface area contributed by atoms with Crippen molar-refractivity contribution in [2.45, 2.75) is 19.0 Å². The minimum absolute atomic E-state index is 0.124. The minimum atomic E-state index is -4.71. The maximum Gasteiger partial charge on any atom is 0.418 e. The highest BCUT2D eigenvalue weighted by Gasteiger charge is 2.34. The van der Waals surface area contributed by atoms with Gasteiger partial charge in [-0.1, -0.05) is 41.9 Å². The molecule has 0 aliphatic heterocycles. The minimum Gasteiger partial charge on any atom is -0.348 e. The van der Waals surface area contributed by atoms with Crippen LogP contribution in [0.15, 0.2) is 48.5 Å². The van der Waals surface area contributed by atoms with Gasteiger partial charge in [0.05, 0.1) is 11.3 Å². The van der Waals surface area contributed by atoms with Crippen molar-refractivity contribution in [2.24, 2.45) is 0 Å². The number of aryl methyl sites for hydroxylation is 1. The van der Waals surface area contributed by atoms with E-state index in [1.165, 1.54) is 6.07 Å². The summed E-state index contributed by atoms with van der Waals surface area (Å²) in [5.74, 6) is -2.17. The molecule has 0 atom stereocenters. The number of benzene rings is 2. The predicted octanol–water partition coefficient (Wildman–Crippen LogP) is 4.05. The van der Waals surface area contributed by atoms with E-state index in [1.807, 2.05) is 35.6 Å². The van der Waals surface area contributed by atoms with Gasteiger partial charge in [-0.15, -0.1) is 0 Å². The fraction of sp³-hybridized carbons (Fsp3) is 0.222. The molecule has 138 valence electrons. The van der Waals surface area contributed by atoms with E-state index in [9.17, 15) is 22.8 Å². The lowest BCUT2D eigenvalue weighted by Gasteiger charge is -2.14. The smallest absolute Gasteiger partial charge is 0.348 e. The number of nitrogens with one attached hydrogen (secondary N) is 2. The molecule has 0 fully saturated rings. The van der Waals surface area contributed by atoms with Crippen LogP contribution in [0.4, 0.5) is 18.9 Å². The molecule has 0 aliphatic rings. The summed E-state index contributed by atoms with van der Waals surface area (Å²) in [6.07, 6.45) is -3.41. The highest BCUT2D eigenvalue weighted by atomic mass is 35.5. The molecule has 0 saturated heterocycles. The van der Waals surface area contributed by atoms with Crippen LogP contribution in [0.2, 0.25) is 5.02 Å². The quantitative estimate of drug-likeness (QED) is 0.603. The molecule has 0 spiro atoms. The SMILES string of the molecule is O=C(NCCCc1ccccc1)C(=O)Nc1ccc(Cl)cc1C(F)(F)F. The summed E-state index contributed by atoms with van der Waals surface area (Å²) in [5, 5.41) is 4.23. The van der Waals surface area contributed by atoms with Crippen LogP contribution in [0.1, 0.15) is 17.5 Å². The number of alkyl halides is 3. The van der Waals surface area contributed by atoms with Crippen molar-refractivity contribution in [3.63, 3.8) is 0 Å². The molecule has 0 radical (unpaired) electrons. The van der Waals surface area contributed by atoms with Crippen molar-refractivity contribution in [1.82, 2.24) is 5.32 Å². The molecule has 0 unspecified atom stereocenters. The van der Waals surface area contributed by atoms with Gasteiger partial charge >= 0.3 is 18.0 Å². The van der Waals surface area contributed by atoms with Crippen LogP contribution in [0.25, 0.3) is 0 Å². The molecule has 2 aromatic carbocycles. The first-order valence-electron chi connectivity index (χ1n) is 7.77. The van der Waals surface area contributed by atoms with Gasteiger partial charge in [-0.05, 0) is 36.6 Å². The largest absolute Gasteiger partial charge is 0.418 e. The Morgan fingerprint density at radius 3 is 2.35 bits per heavy atom.